The molecule has 1 N–H and O–H groups in total. The van der Waals surface area contributed by atoms with Gasteiger partial charge < -0.3 is 10.2 Å². The van der Waals surface area contributed by atoms with Gasteiger partial charge in [0.1, 0.15) is 0 Å². The van der Waals surface area contributed by atoms with E-state index in [0.717, 1.165) is 40.9 Å². The second-order valence-electron chi connectivity index (χ2n) is 8.13. The third kappa shape index (κ3) is 3.83. The lowest BCUT2D eigenvalue weighted by molar-refractivity contribution is -0.120. The number of carbonyl (C=O) groups is 1. The number of hydrogen-bond donors (Lipinski definition) is 1. The topological polar surface area (TPSA) is 62.5 Å². The Balaban J connectivity index is 1.47. The molecular weight excluding hydrogens is 358 g/mol. The molecule has 142 valence electrons. The van der Waals surface area contributed by atoms with Crippen LogP contribution in [0.3, 0.4) is 0 Å². The van der Waals surface area contributed by atoms with Gasteiger partial charge in [-0.05, 0) is 25.0 Å². The van der Waals surface area contributed by atoms with Crippen LogP contribution in [0.2, 0.25) is 0 Å². The number of rotatable bonds is 3. The quantitative estimate of drug-likeness (QED) is 0.744. The molecule has 0 spiro atoms. The summed E-state index contributed by atoms with van der Waals surface area (Å²) in [6.45, 7) is 8.09. The van der Waals surface area contributed by atoms with Crippen LogP contribution in [0.15, 0.2) is 36.5 Å². The Hall–Kier alpha value is -2.41. The van der Waals surface area contributed by atoms with Crippen LogP contribution in [0.25, 0.3) is 4.96 Å². The van der Waals surface area contributed by atoms with Gasteiger partial charge in [0.2, 0.25) is 16.0 Å². The molecule has 6 nitrogen and oxygen atoms in total. The number of carbonyl (C=O) groups excluding carboxylic acids is 1. The second kappa shape index (κ2) is 6.96. The fraction of sp³-hybridized carbons (Fsp3) is 0.450. The Morgan fingerprint density at radius 3 is 2.74 bits per heavy atom. The number of nitrogens with one attached hydrogen (secondary N) is 1. The summed E-state index contributed by atoms with van der Waals surface area (Å²) in [5, 5.41) is 8.68. The van der Waals surface area contributed by atoms with Crippen LogP contribution in [-0.2, 0) is 10.2 Å². The molecule has 1 amide bonds. The Kier molecular flexibility index (Phi) is 4.63. The van der Waals surface area contributed by atoms with Crippen LogP contribution >= 0.6 is 11.3 Å². The van der Waals surface area contributed by atoms with E-state index in [2.05, 4.69) is 31.0 Å². The highest BCUT2D eigenvalue weighted by atomic mass is 32.1. The minimum atomic E-state index is -0.0275. The van der Waals surface area contributed by atoms with Crippen molar-refractivity contribution >= 4 is 33.0 Å². The van der Waals surface area contributed by atoms with Crippen LogP contribution in [0, 0.1) is 5.92 Å². The number of fused-ring (bicyclic) bond motifs is 1. The summed E-state index contributed by atoms with van der Waals surface area (Å²) in [7, 11) is 0. The van der Waals surface area contributed by atoms with E-state index in [1.54, 1.807) is 11.3 Å². The molecule has 1 atom stereocenters. The molecule has 1 aromatic carbocycles. The number of imidazole rings is 1. The summed E-state index contributed by atoms with van der Waals surface area (Å²) in [5.74, 6) is 0.0579. The Bertz CT molecular complexity index is 909. The molecule has 0 radical (unpaired) electrons. The lowest BCUT2D eigenvalue weighted by atomic mass is 9.93. The summed E-state index contributed by atoms with van der Waals surface area (Å²) < 4.78 is 1.87. The van der Waals surface area contributed by atoms with E-state index >= 15 is 0 Å². The zero-order chi connectivity index (χ0) is 19.0. The molecule has 2 aromatic heterocycles. The predicted octanol–water partition coefficient (Wildman–Crippen LogP) is 3.94. The lowest BCUT2D eigenvalue weighted by Gasteiger charge is -2.31. The number of piperidine rings is 1. The van der Waals surface area contributed by atoms with E-state index in [1.807, 2.05) is 41.0 Å². The first-order chi connectivity index (χ1) is 12.9. The number of anilines is 2. The first kappa shape index (κ1) is 18.0. The van der Waals surface area contributed by atoms with Gasteiger partial charge in [-0.25, -0.2) is 9.50 Å². The van der Waals surface area contributed by atoms with Crippen molar-refractivity contribution < 1.29 is 4.79 Å². The van der Waals surface area contributed by atoms with Gasteiger partial charge in [-0.3, -0.25) is 4.79 Å². The van der Waals surface area contributed by atoms with Crippen molar-refractivity contribution in [1.82, 2.24) is 14.6 Å². The van der Waals surface area contributed by atoms with Gasteiger partial charge in [0.15, 0.2) is 0 Å². The Morgan fingerprint density at radius 1 is 1.26 bits per heavy atom. The summed E-state index contributed by atoms with van der Waals surface area (Å²) >= 11 is 1.59. The van der Waals surface area contributed by atoms with Crippen molar-refractivity contribution in [2.75, 3.05) is 23.3 Å². The van der Waals surface area contributed by atoms with Crippen molar-refractivity contribution in [3.05, 3.63) is 42.2 Å². The van der Waals surface area contributed by atoms with Crippen molar-refractivity contribution in [2.24, 2.45) is 5.92 Å². The summed E-state index contributed by atoms with van der Waals surface area (Å²) in [5.41, 5.74) is 1.91. The van der Waals surface area contributed by atoms with Gasteiger partial charge in [0, 0.05) is 24.2 Å². The Morgan fingerprint density at radius 2 is 2.04 bits per heavy atom. The Labute approximate surface area is 163 Å². The number of aromatic nitrogens is 3. The van der Waals surface area contributed by atoms with Gasteiger partial charge in [0.05, 0.1) is 17.8 Å². The normalized spacial score (nSPS) is 18.0. The van der Waals surface area contributed by atoms with Crippen molar-refractivity contribution in [3.8, 4) is 0 Å². The molecule has 4 rings (SSSR count). The molecule has 0 bridgehead atoms. The number of nitrogens with zero attached hydrogens (tertiary/aromatic N) is 4. The average molecular weight is 384 g/mol. The molecule has 1 aliphatic heterocycles. The van der Waals surface area contributed by atoms with E-state index in [1.165, 1.54) is 0 Å². The number of benzene rings is 1. The van der Waals surface area contributed by atoms with Gasteiger partial charge >= 0.3 is 0 Å². The van der Waals surface area contributed by atoms with Crippen molar-refractivity contribution in [2.45, 2.75) is 39.0 Å². The van der Waals surface area contributed by atoms with Gasteiger partial charge in [-0.2, -0.15) is 0 Å². The SMILES string of the molecule is CC(C)(C)c1cn2nc(N3CCCC(C(=O)Nc4ccccc4)C3)sc2n1. The molecule has 1 saturated heterocycles. The molecule has 7 heteroatoms. The summed E-state index contributed by atoms with van der Waals surface area (Å²) in [4.78, 5) is 20.5. The van der Waals surface area contributed by atoms with E-state index in [9.17, 15) is 4.79 Å². The highest BCUT2D eigenvalue weighted by molar-refractivity contribution is 7.20. The van der Waals surface area contributed by atoms with E-state index in [4.69, 9.17) is 10.1 Å². The number of amides is 1. The highest BCUT2D eigenvalue weighted by Crippen LogP contribution is 2.30. The van der Waals surface area contributed by atoms with Gasteiger partial charge in [0.25, 0.3) is 0 Å². The highest BCUT2D eigenvalue weighted by Gasteiger charge is 2.28. The van der Waals surface area contributed by atoms with Crippen molar-refractivity contribution in [1.29, 1.82) is 0 Å². The lowest BCUT2D eigenvalue weighted by Crippen LogP contribution is -2.40. The maximum atomic E-state index is 12.6. The van der Waals surface area contributed by atoms with E-state index < -0.39 is 0 Å². The van der Waals surface area contributed by atoms with Gasteiger partial charge in [-0.1, -0.05) is 50.3 Å². The first-order valence-electron chi connectivity index (χ1n) is 9.38. The summed E-state index contributed by atoms with van der Waals surface area (Å²) in [6.07, 6.45) is 3.91. The van der Waals surface area contributed by atoms with Crippen LogP contribution in [0.5, 0.6) is 0 Å². The smallest absolute Gasteiger partial charge is 0.229 e. The molecule has 3 heterocycles. The maximum absolute atomic E-state index is 12.6. The fourth-order valence-corrected chi connectivity index (χ4v) is 4.23. The fourth-order valence-electron chi connectivity index (χ4n) is 3.31. The number of para-hydroxylation sites is 1. The molecular formula is C20H25N5OS. The average Bonchev–Trinajstić information content (AvgIpc) is 3.22. The molecule has 0 aliphatic carbocycles. The van der Waals surface area contributed by atoms with Crippen molar-refractivity contribution in [3.63, 3.8) is 0 Å². The third-order valence-corrected chi connectivity index (χ3v) is 5.89. The molecule has 27 heavy (non-hydrogen) atoms. The first-order valence-corrected chi connectivity index (χ1v) is 10.2. The van der Waals surface area contributed by atoms with E-state index in [0.29, 0.717) is 6.54 Å². The largest absolute Gasteiger partial charge is 0.346 e. The van der Waals surface area contributed by atoms with Crippen LogP contribution in [0.1, 0.15) is 39.3 Å². The number of hydrogen-bond acceptors (Lipinski definition) is 5. The molecule has 0 saturated carbocycles. The predicted molar refractivity (Wildman–Crippen MR) is 110 cm³/mol. The maximum Gasteiger partial charge on any atom is 0.229 e. The monoisotopic (exact) mass is 383 g/mol. The van der Waals surface area contributed by atoms with Gasteiger partial charge in [-0.15, -0.1) is 5.10 Å². The van der Waals surface area contributed by atoms with E-state index in [-0.39, 0.29) is 17.2 Å². The second-order valence-corrected chi connectivity index (χ2v) is 9.06. The summed E-state index contributed by atoms with van der Waals surface area (Å²) in [6, 6.07) is 9.64. The molecule has 1 unspecified atom stereocenters. The van der Waals surface area contributed by atoms with Crippen LogP contribution < -0.4 is 10.2 Å². The van der Waals surface area contributed by atoms with Crippen LogP contribution in [-0.4, -0.2) is 33.6 Å². The minimum absolute atomic E-state index is 0.0132. The zero-order valence-electron chi connectivity index (χ0n) is 16.0. The minimum Gasteiger partial charge on any atom is -0.346 e. The molecule has 1 aliphatic rings. The molecule has 3 aromatic rings. The third-order valence-electron chi connectivity index (χ3n) is 4.90. The standard InChI is InChI=1S/C20H25N5OS/c1-20(2,3)16-13-25-18(22-16)27-19(23-25)24-11-7-8-14(12-24)17(26)21-15-9-5-4-6-10-15/h4-6,9-10,13-14H,7-8,11-12H2,1-3H3,(H,21,26). The zero-order valence-corrected chi connectivity index (χ0v) is 16.8. The van der Waals surface area contributed by atoms with Crippen LogP contribution in [0.4, 0.5) is 10.8 Å². The molecule has 1 fully saturated rings.